The van der Waals surface area contributed by atoms with Crippen LogP contribution in [0.1, 0.15) is 0 Å². The van der Waals surface area contributed by atoms with Crippen molar-refractivity contribution in [3.05, 3.63) is 12.4 Å². The third kappa shape index (κ3) is 2.08. The highest BCUT2D eigenvalue weighted by Gasteiger charge is 2.02. The van der Waals surface area contributed by atoms with Gasteiger partial charge in [0.1, 0.15) is 0 Å². The molecule has 3 heteroatoms. The highest BCUT2D eigenvalue weighted by atomic mass is 31.1. The molecule has 0 saturated carbocycles. The fraction of sp³-hybridized carbons (Fsp3) is 0.400. The monoisotopic (exact) mass is 131 g/mol. The molecule has 0 bridgehead atoms. The first-order valence-electron chi connectivity index (χ1n) is 2.29. The van der Waals surface area contributed by atoms with Crippen molar-refractivity contribution in [1.29, 1.82) is 0 Å². The summed E-state index contributed by atoms with van der Waals surface area (Å²) >= 11 is 0. The Kier molecular flexibility index (Phi) is 3.46. The molecule has 0 saturated heterocycles. The maximum absolute atomic E-state index is 10.6. The van der Waals surface area contributed by atoms with Crippen molar-refractivity contribution in [2.24, 2.45) is 0 Å². The van der Waals surface area contributed by atoms with Crippen LogP contribution in [0.25, 0.3) is 0 Å². The van der Waals surface area contributed by atoms with Crippen LogP contribution < -0.4 is 5.32 Å². The average Bonchev–Trinajstić information content (AvgIpc) is 1.84. The summed E-state index contributed by atoms with van der Waals surface area (Å²) in [5.41, 5.74) is 0.0787. The van der Waals surface area contributed by atoms with Crippen LogP contribution >= 0.6 is 7.92 Å². The highest BCUT2D eigenvalue weighted by Crippen LogP contribution is 2.30. The second kappa shape index (κ2) is 3.62. The predicted molar refractivity (Wildman–Crippen MR) is 37.5 cm³/mol. The van der Waals surface area contributed by atoms with Gasteiger partial charge in [0.15, 0.2) is 0 Å². The molecule has 2 nitrogen and oxygen atoms in total. The Hall–Kier alpha value is -0.360. The van der Waals surface area contributed by atoms with Crippen molar-refractivity contribution >= 4 is 13.6 Å². The summed E-state index contributed by atoms with van der Waals surface area (Å²) < 4.78 is 0. The van der Waals surface area contributed by atoms with Crippen LogP contribution in [0, 0.1) is 0 Å². The van der Waals surface area contributed by atoms with Crippen molar-refractivity contribution in [1.82, 2.24) is 5.32 Å². The minimum absolute atomic E-state index is 0.0787. The van der Waals surface area contributed by atoms with E-state index in [1.807, 2.05) is 6.66 Å². The summed E-state index contributed by atoms with van der Waals surface area (Å²) in [6.45, 7) is 5.36. The quantitative estimate of drug-likeness (QED) is 0.566. The smallest absolute Gasteiger partial charge is 0.244 e. The fourth-order valence-corrected chi connectivity index (χ4v) is 0.778. The normalized spacial score (nSPS) is 12.2. The molecule has 1 amide bonds. The van der Waals surface area contributed by atoms with E-state index in [-0.39, 0.29) is 5.65 Å². The van der Waals surface area contributed by atoms with Crippen LogP contribution in [0.5, 0.6) is 0 Å². The van der Waals surface area contributed by atoms with E-state index >= 15 is 0 Å². The molecule has 0 aliphatic rings. The maximum atomic E-state index is 10.6. The molecular weight excluding hydrogens is 121 g/mol. The van der Waals surface area contributed by atoms with E-state index in [0.29, 0.717) is 0 Å². The van der Waals surface area contributed by atoms with Crippen LogP contribution in [0.2, 0.25) is 0 Å². The second-order valence-electron chi connectivity index (χ2n) is 1.35. The Morgan fingerprint density at radius 2 is 2.38 bits per heavy atom. The lowest BCUT2D eigenvalue weighted by molar-refractivity contribution is 0.261. The van der Waals surface area contributed by atoms with Crippen LogP contribution in [-0.2, 0) is 0 Å². The standard InChI is InChI=1S/C5H10NOP/c1-4-8(3)5(7)6-2/h4H,1H2,2-3H3,(H,6,7). The highest BCUT2D eigenvalue weighted by molar-refractivity contribution is 7.76. The van der Waals surface area contributed by atoms with Gasteiger partial charge in [0.25, 0.3) is 0 Å². The van der Waals surface area contributed by atoms with E-state index in [1.54, 1.807) is 12.9 Å². The van der Waals surface area contributed by atoms with Gasteiger partial charge in [0.05, 0.1) is 0 Å². The Bertz CT molecular complexity index is 103. The third-order valence-corrected chi connectivity index (χ3v) is 2.22. The molecule has 0 radical (unpaired) electrons. The van der Waals surface area contributed by atoms with E-state index in [2.05, 4.69) is 11.9 Å². The van der Waals surface area contributed by atoms with Crippen LogP contribution in [0.3, 0.4) is 0 Å². The van der Waals surface area contributed by atoms with Gasteiger partial charge in [-0.3, -0.25) is 4.79 Å². The Morgan fingerprint density at radius 1 is 1.88 bits per heavy atom. The van der Waals surface area contributed by atoms with Gasteiger partial charge in [0.2, 0.25) is 5.65 Å². The molecule has 46 valence electrons. The van der Waals surface area contributed by atoms with Gasteiger partial charge in [-0.05, 0) is 6.66 Å². The molecule has 0 heterocycles. The van der Waals surface area contributed by atoms with E-state index in [4.69, 9.17) is 0 Å². The summed E-state index contributed by atoms with van der Waals surface area (Å²) in [7, 11) is 1.00. The zero-order chi connectivity index (χ0) is 6.57. The van der Waals surface area contributed by atoms with Crippen molar-refractivity contribution in [2.45, 2.75) is 0 Å². The second-order valence-corrected chi connectivity index (χ2v) is 3.34. The van der Waals surface area contributed by atoms with Crippen LogP contribution in [0.4, 0.5) is 4.79 Å². The van der Waals surface area contributed by atoms with Gasteiger partial charge in [-0.25, -0.2) is 0 Å². The van der Waals surface area contributed by atoms with Crippen LogP contribution in [-0.4, -0.2) is 19.4 Å². The molecule has 0 aliphatic heterocycles. The molecule has 0 rings (SSSR count). The number of hydrogen-bond acceptors (Lipinski definition) is 1. The molecule has 0 aromatic rings. The molecule has 1 N–H and O–H groups in total. The molecule has 0 spiro atoms. The SMILES string of the molecule is C=CP(C)C(=O)NC. The van der Waals surface area contributed by atoms with Gasteiger partial charge in [-0.2, -0.15) is 0 Å². The number of hydrogen-bond donors (Lipinski definition) is 1. The Morgan fingerprint density at radius 3 is 2.50 bits per heavy atom. The van der Waals surface area contributed by atoms with Crippen molar-refractivity contribution in [3.8, 4) is 0 Å². The summed E-state index contributed by atoms with van der Waals surface area (Å²) in [6.07, 6.45) is 0. The van der Waals surface area contributed by atoms with Crippen molar-refractivity contribution in [2.75, 3.05) is 13.7 Å². The molecule has 8 heavy (non-hydrogen) atoms. The first-order chi connectivity index (χ1) is 3.72. The molecule has 1 unspecified atom stereocenters. The first kappa shape index (κ1) is 7.64. The predicted octanol–water partition coefficient (Wildman–Crippen LogP) is 1.58. The lowest BCUT2D eigenvalue weighted by atomic mass is 11.2. The average molecular weight is 131 g/mol. The van der Waals surface area contributed by atoms with E-state index in [1.165, 1.54) is 0 Å². The number of nitrogens with one attached hydrogen (secondary N) is 1. The first-order valence-corrected chi connectivity index (χ1v) is 4.15. The molecule has 0 aromatic heterocycles. The van der Waals surface area contributed by atoms with Gasteiger partial charge >= 0.3 is 0 Å². The van der Waals surface area contributed by atoms with Gasteiger partial charge in [0, 0.05) is 15.0 Å². The van der Waals surface area contributed by atoms with E-state index in [9.17, 15) is 4.79 Å². The molecule has 0 aromatic carbocycles. The van der Waals surface area contributed by atoms with Gasteiger partial charge in [-0.15, -0.1) is 0 Å². The molecule has 0 aliphatic carbocycles. The molecule has 0 fully saturated rings. The lowest BCUT2D eigenvalue weighted by Crippen LogP contribution is -2.11. The Balaban J connectivity index is 3.62. The lowest BCUT2D eigenvalue weighted by Gasteiger charge is -2.00. The third-order valence-electron chi connectivity index (χ3n) is 0.808. The van der Waals surface area contributed by atoms with Crippen LogP contribution in [0.15, 0.2) is 12.4 Å². The number of amides is 1. The van der Waals surface area contributed by atoms with Gasteiger partial charge < -0.3 is 5.32 Å². The van der Waals surface area contributed by atoms with E-state index in [0.717, 1.165) is 0 Å². The largest absolute Gasteiger partial charge is 0.355 e. The molecular formula is C5H10NOP. The topological polar surface area (TPSA) is 29.1 Å². The fourth-order valence-electron chi connectivity index (χ4n) is 0.259. The summed E-state index contributed by atoms with van der Waals surface area (Å²) in [5, 5.41) is 2.53. The van der Waals surface area contributed by atoms with Gasteiger partial charge in [-0.1, -0.05) is 12.4 Å². The molecule has 1 atom stereocenters. The van der Waals surface area contributed by atoms with Crippen molar-refractivity contribution in [3.63, 3.8) is 0 Å². The summed E-state index contributed by atoms with van der Waals surface area (Å²) in [5.74, 6) is 1.67. The number of carbonyl (C=O) groups is 1. The van der Waals surface area contributed by atoms with Crippen molar-refractivity contribution < 1.29 is 4.79 Å². The summed E-state index contributed by atoms with van der Waals surface area (Å²) in [6, 6.07) is 0. The minimum atomic E-state index is -0.626. The minimum Gasteiger partial charge on any atom is -0.355 e. The maximum Gasteiger partial charge on any atom is 0.244 e. The van der Waals surface area contributed by atoms with E-state index < -0.39 is 7.92 Å². The Labute approximate surface area is 50.7 Å². The zero-order valence-corrected chi connectivity index (χ0v) is 6.03. The zero-order valence-electron chi connectivity index (χ0n) is 5.14. The summed E-state index contributed by atoms with van der Waals surface area (Å²) in [4.78, 5) is 10.6. The number of rotatable bonds is 2. The number of carbonyl (C=O) groups excluding carboxylic acids is 1.